The summed E-state index contributed by atoms with van der Waals surface area (Å²) in [4.78, 5) is 0. The minimum atomic E-state index is -0.0220. The molecule has 138 valence electrons. The largest absolute Gasteiger partial charge is 0.508 e. The molecule has 0 saturated heterocycles. The number of hydrogen-bond acceptors (Lipinski definition) is 2. The second-order valence-corrected chi connectivity index (χ2v) is 7.96. The quantitative estimate of drug-likeness (QED) is 0.417. The molecule has 0 heterocycles. The number of aromatic hydroxyl groups is 1. The van der Waals surface area contributed by atoms with Crippen molar-refractivity contribution in [3.05, 3.63) is 23.8 Å². The standard InChI is InChI=1S/C22H38O2/c1-5-6-7-8-9-10-11-12-13-14-17-24-21-16-15-19(23)18-20(21)22(2,3)4/h15-16,18,23H,5-14,17H2,1-4H3. The molecule has 0 aromatic heterocycles. The van der Waals surface area contributed by atoms with Crippen LogP contribution in [0.2, 0.25) is 0 Å². The molecule has 0 aliphatic carbocycles. The van der Waals surface area contributed by atoms with Gasteiger partial charge in [-0.3, -0.25) is 0 Å². The van der Waals surface area contributed by atoms with Crippen LogP contribution in [0.4, 0.5) is 0 Å². The predicted octanol–water partition coefficient (Wildman–Crippen LogP) is 6.99. The van der Waals surface area contributed by atoms with Crippen molar-refractivity contribution in [3.8, 4) is 11.5 Å². The molecule has 2 nitrogen and oxygen atoms in total. The van der Waals surface area contributed by atoms with E-state index in [1.54, 1.807) is 6.07 Å². The number of hydrogen-bond donors (Lipinski definition) is 1. The third-order valence-corrected chi connectivity index (χ3v) is 4.53. The van der Waals surface area contributed by atoms with Crippen LogP contribution >= 0.6 is 0 Å². The highest BCUT2D eigenvalue weighted by Crippen LogP contribution is 2.34. The van der Waals surface area contributed by atoms with Gasteiger partial charge in [0, 0.05) is 5.56 Å². The Balaban J connectivity index is 2.16. The van der Waals surface area contributed by atoms with Crippen LogP contribution in [0.25, 0.3) is 0 Å². The van der Waals surface area contributed by atoms with Gasteiger partial charge in [0.05, 0.1) is 6.61 Å². The van der Waals surface area contributed by atoms with Crippen molar-refractivity contribution in [1.29, 1.82) is 0 Å². The number of unbranched alkanes of at least 4 members (excludes halogenated alkanes) is 9. The van der Waals surface area contributed by atoms with E-state index in [1.807, 2.05) is 12.1 Å². The van der Waals surface area contributed by atoms with Crippen molar-refractivity contribution < 1.29 is 9.84 Å². The monoisotopic (exact) mass is 334 g/mol. The normalized spacial score (nSPS) is 11.7. The van der Waals surface area contributed by atoms with Crippen LogP contribution in [0.15, 0.2) is 18.2 Å². The minimum Gasteiger partial charge on any atom is -0.508 e. The second-order valence-electron chi connectivity index (χ2n) is 7.96. The van der Waals surface area contributed by atoms with Gasteiger partial charge < -0.3 is 9.84 Å². The van der Waals surface area contributed by atoms with Gasteiger partial charge in [0.2, 0.25) is 0 Å². The Kier molecular flexibility index (Phi) is 9.90. The Hall–Kier alpha value is -1.18. The average molecular weight is 335 g/mol. The van der Waals surface area contributed by atoms with Gasteiger partial charge in [-0.15, -0.1) is 0 Å². The summed E-state index contributed by atoms with van der Waals surface area (Å²) in [6.07, 6.45) is 13.4. The number of phenols is 1. The molecule has 0 fully saturated rings. The predicted molar refractivity (Wildman–Crippen MR) is 104 cm³/mol. The van der Waals surface area contributed by atoms with Gasteiger partial charge in [-0.2, -0.15) is 0 Å². The fourth-order valence-corrected chi connectivity index (χ4v) is 3.00. The SMILES string of the molecule is CCCCCCCCCCCCOc1ccc(O)cc1C(C)(C)C. The van der Waals surface area contributed by atoms with Gasteiger partial charge in [-0.1, -0.05) is 85.5 Å². The molecule has 2 heteroatoms. The summed E-state index contributed by atoms with van der Waals surface area (Å²) in [6.45, 7) is 9.48. The van der Waals surface area contributed by atoms with E-state index < -0.39 is 0 Å². The first-order valence-corrected chi connectivity index (χ1v) is 9.91. The molecule has 1 N–H and O–H groups in total. The molecule has 0 aliphatic rings. The maximum Gasteiger partial charge on any atom is 0.123 e. The van der Waals surface area contributed by atoms with E-state index in [0.717, 1.165) is 24.3 Å². The molecule has 0 atom stereocenters. The van der Waals surface area contributed by atoms with Crippen molar-refractivity contribution in [3.63, 3.8) is 0 Å². The van der Waals surface area contributed by atoms with Gasteiger partial charge in [0.25, 0.3) is 0 Å². The topological polar surface area (TPSA) is 29.5 Å². The fraction of sp³-hybridized carbons (Fsp3) is 0.727. The van der Waals surface area contributed by atoms with E-state index in [1.165, 1.54) is 57.8 Å². The zero-order valence-electron chi connectivity index (χ0n) is 16.4. The van der Waals surface area contributed by atoms with Crippen molar-refractivity contribution in [2.45, 2.75) is 97.3 Å². The van der Waals surface area contributed by atoms with Crippen molar-refractivity contribution in [1.82, 2.24) is 0 Å². The molecule has 0 spiro atoms. The van der Waals surface area contributed by atoms with Crippen LogP contribution in [0, 0.1) is 0 Å². The average Bonchev–Trinajstić information content (AvgIpc) is 2.53. The molecule has 0 unspecified atom stereocenters. The van der Waals surface area contributed by atoms with E-state index in [2.05, 4.69) is 27.7 Å². The third-order valence-electron chi connectivity index (χ3n) is 4.53. The smallest absolute Gasteiger partial charge is 0.123 e. The molecule has 0 aliphatic heterocycles. The number of phenolic OH excluding ortho intramolecular Hbond substituents is 1. The zero-order valence-corrected chi connectivity index (χ0v) is 16.4. The Morgan fingerprint density at radius 1 is 0.833 bits per heavy atom. The Morgan fingerprint density at radius 2 is 1.38 bits per heavy atom. The minimum absolute atomic E-state index is 0.0220. The van der Waals surface area contributed by atoms with Crippen LogP contribution in [0.3, 0.4) is 0 Å². The summed E-state index contributed by atoms with van der Waals surface area (Å²) < 4.78 is 5.98. The highest BCUT2D eigenvalue weighted by molar-refractivity contribution is 5.43. The first-order valence-electron chi connectivity index (χ1n) is 9.91. The molecule has 0 bridgehead atoms. The number of ether oxygens (including phenoxy) is 1. The molecule has 0 saturated carbocycles. The van der Waals surface area contributed by atoms with Gasteiger partial charge in [-0.25, -0.2) is 0 Å². The van der Waals surface area contributed by atoms with E-state index in [9.17, 15) is 5.11 Å². The molecular formula is C22H38O2. The van der Waals surface area contributed by atoms with Gasteiger partial charge in [0.1, 0.15) is 11.5 Å². The number of rotatable bonds is 12. The van der Waals surface area contributed by atoms with E-state index >= 15 is 0 Å². The van der Waals surface area contributed by atoms with Crippen molar-refractivity contribution >= 4 is 0 Å². The molecule has 1 rings (SSSR count). The fourth-order valence-electron chi connectivity index (χ4n) is 3.00. The van der Waals surface area contributed by atoms with Gasteiger partial charge in [0.15, 0.2) is 0 Å². The lowest BCUT2D eigenvalue weighted by molar-refractivity contribution is 0.295. The lowest BCUT2D eigenvalue weighted by atomic mass is 9.86. The van der Waals surface area contributed by atoms with Crippen molar-refractivity contribution in [2.24, 2.45) is 0 Å². The molecular weight excluding hydrogens is 296 g/mol. The first kappa shape index (κ1) is 20.9. The summed E-state index contributed by atoms with van der Waals surface area (Å²) in [6, 6.07) is 5.43. The Bertz CT molecular complexity index is 446. The Morgan fingerprint density at radius 3 is 1.92 bits per heavy atom. The van der Waals surface area contributed by atoms with Gasteiger partial charge >= 0.3 is 0 Å². The maximum atomic E-state index is 9.71. The molecule has 1 aromatic rings. The van der Waals surface area contributed by atoms with Crippen LogP contribution in [-0.2, 0) is 5.41 Å². The van der Waals surface area contributed by atoms with E-state index in [4.69, 9.17) is 4.74 Å². The summed E-state index contributed by atoms with van der Waals surface area (Å²) in [5, 5.41) is 9.71. The van der Waals surface area contributed by atoms with E-state index in [-0.39, 0.29) is 5.41 Å². The zero-order chi connectivity index (χ0) is 17.8. The summed E-state index contributed by atoms with van der Waals surface area (Å²) >= 11 is 0. The highest BCUT2D eigenvalue weighted by atomic mass is 16.5. The van der Waals surface area contributed by atoms with Gasteiger partial charge in [-0.05, 0) is 30.0 Å². The number of benzene rings is 1. The molecule has 0 radical (unpaired) electrons. The molecule has 1 aromatic carbocycles. The highest BCUT2D eigenvalue weighted by Gasteiger charge is 2.19. The second kappa shape index (κ2) is 11.4. The van der Waals surface area contributed by atoms with Crippen LogP contribution in [-0.4, -0.2) is 11.7 Å². The Labute approximate surface area is 149 Å². The lowest BCUT2D eigenvalue weighted by Gasteiger charge is -2.23. The van der Waals surface area contributed by atoms with Crippen LogP contribution < -0.4 is 4.74 Å². The summed E-state index contributed by atoms with van der Waals surface area (Å²) in [5.74, 6) is 1.22. The van der Waals surface area contributed by atoms with Crippen molar-refractivity contribution in [2.75, 3.05) is 6.61 Å². The van der Waals surface area contributed by atoms with Crippen LogP contribution in [0.1, 0.15) is 97.5 Å². The summed E-state index contributed by atoms with van der Waals surface area (Å²) in [7, 11) is 0. The summed E-state index contributed by atoms with van der Waals surface area (Å²) in [5.41, 5.74) is 1.06. The maximum absolute atomic E-state index is 9.71. The lowest BCUT2D eigenvalue weighted by Crippen LogP contribution is -2.13. The molecule has 24 heavy (non-hydrogen) atoms. The van der Waals surface area contributed by atoms with E-state index in [0.29, 0.717) is 5.75 Å². The molecule has 0 amide bonds. The third kappa shape index (κ3) is 8.61. The first-order chi connectivity index (χ1) is 11.4. The van der Waals surface area contributed by atoms with Crippen LogP contribution in [0.5, 0.6) is 11.5 Å².